The zero-order chi connectivity index (χ0) is 14.7. The van der Waals surface area contributed by atoms with E-state index in [-0.39, 0.29) is 12.5 Å². The Hall–Kier alpha value is -1.94. The number of aromatic nitrogens is 1. The van der Waals surface area contributed by atoms with Crippen molar-refractivity contribution in [3.05, 3.63) is 42.1 Å². The van der Waals surface area contributed by atoms with Gasteiger partial charge < -0.3 is 10.0 Å². The Labute approximate surface area is 124 Å². The van der Waals surface area contributed by atoms with E-state index in [1.54, 1.807) is 6.07 Å². The minimum absolute atomic E-state index is 0.00314. The summed E-state index contributed by atoms with van der Waals surface area (Å²) in [6.07, 6.45) is 2.87. The topological polar surface area (TPSA) is 53.4 Å². The predicted molar refractivity (Wildman–Crippen MR) is 82.1 cm³/mol. The Morgan fingerprint density at radius 2 is 2.14 bits per heavy atom. The molecule has 1 aliphatic heterocycles. The number of carbonyl (C=O) groups is 1. The number of aliphatic hydroxyl groups excluding tert-OH is 1. The smallest absolute Gasteiger partial charge is 0.272 e. The molecular weight excluding hydrogens is 264 g/mol. The van der Waals surface area contributed by atoms with E-state index in [1.807, 2.05) is 35.2 Å². The molecule has 3 rings (SSSR count). The van der Waals surface area contributed by atoms with Gasteiger partial charge in [0.25, 0.3) is 5.91 Å². The third kappa shape index (κ3) is 3.05. The molecule has 2 aromatic rings. The van der Waals surface area contributed by atoms with Crippen molar-refractivity contribution in [2.24, 2.45) is 5.92 Å². The van der Waals surface area contributed by atoms with E-state index in [9.17, 15) is 4.79 Å². The first kappa shape index (κ1) is 14.0. The molecule has 0 spiro atoms. The maximum Gasteiger partial charge on any atom is 0.272 e. The monoisotopic (exact) mass is 284 g/mol. The number of pyridine rings is 1. The van der Waals surface area contributed by atoms with E-state index < -0.39 is 0 Å². The summed E-state index contributed by atoms with van der Waals surface area (Å²) in [4.78, 5) is 19.0. The number of aliphatic hydroxyl groups is 1. The van der Waals surface area contributed by atoms with Crippen molar-refractivity contribution in [1.82, 2.24) is 9.88 Å². The minimum Gasteiger partial charge on any atom is -0.396 e. The van der Waals surface area contributed by atoms with Crippen LogP contribution in [0.15, 0.2) is 36.4 Å². The fourth-order valence-corrected chi connectivity index (χ4v) is 3.01. The van der Waals surface area contributed by atoms with Crippen LogP contribution in [0.5, 0.6) is 0 Å². The van der Waals surface area contributed by atoms with Crippen molar-refractivity contribution >= 4 is 16.8 Å². The highest BCUT2D eigenvalue weighted by Gasteiger charge is 2.24. The lowest BCUT2D eigenvalue weighted by Crippen LogP contribution is -2.40. The van der Waals surface area contributed by atoms with Crippen LogP contribution in [-0.4, -0.2) is 40.6 Å². The molecule has 0 aliphatic carbocycles. The lowest BCUT2D eigenvalue weighted by atomic mass is 9.95. The summed E-state index contributed by atoms with van der Waals surface area (Å²) in [5.74, 6) is 0.413. The molecule has 0 radical (unpaired) electrons. The van der Waals surface area contributed by atoms with Crippen molar-refractivity contribution in [3.63, 3.8) is 0 Å². The quantitative estimate of drug-likeness (QED) is 0.942. The maximum absolute atomic E-state index is 12.6. The SMILES string of the molecule is O=C(c1ccc2ccccc2n1)N1CCCC(CCO)C1. The fraction of sp³-hybridized carbons (Fsp3) is 0.412. The highest BCUT2D eigenvalue weighted by Crippen LogP contribution is 2.21. The lowest BCUT2D eigenvalue weighted by Gasteiger charge is -2.32. The first-order valence-corrected chi connectivity index (χ1v) is 7.54. The standard InChI is InChI=1S/C17H20N2O2/c20-11-9-13-4-3-10-19(12-13)17(21)16-8-7-14-5-1-2-6-15(14)18-16/h1-2,5-8,13,20H,3-4,9-12H2. The van der Waals surface area contributed by atoms with Crippen molar-refractivity contribution in [1.29, 1.82) is 0 Å². The molecule has 1 amide bonds. The summed E-state index contributed by atoms with van der Waals surface area (Å²) in [5.41, 5.74) is 1.37. The van der Waals surface area contributed by atoms with Gasteiger partial charge in [0.1, 0.15) is 5.69 Å². The van der Waals surface area contributed by atoms with Crippen molar-refractivity contribution in [2.45, 2.75) is 19.3 Å². The normalized spacial score (nSPS) is 18.9. The van der Waals surface area contributed by atoms with Crippen LogP contribution in [-0.2, 0) is 0 Å². The maximum atomic E-state index is 12.6. The van der Waals surface area contributed by atoms with E-state index in [1.165, 1.54) is 0 Å². The van der Waals surface area contributed by atoms with E-state index in [0.717, 1.165) is 43.3 Å². The predicted octanol–water partition coefficient (Wildman–Crippen LogP) is 2.47. The zero-order valence-electron chi connectivity index (χ0n) is 12.0. The molecule has 1 aliphatic rings. The van der Waals surface area contributed by atoms with Gasteiger partial charge >= 0.3 is 0 Å². The first-order valence-electron chi connectivity index (χ1n) is 7.54. The number of rotatable bonds is 3. The Balaban J connectivity index is 1.79. The number of hydrogen-bond donors (Lipinski definition) is 1. The molecule has 2 heterocycles. The number of hydrogen-bond acceptors (Lipinski definition) is 3. The van der Waals surface area contributed by atoms with Crippen LogP contribution >= 0.6 is 0 Å². The summed E-state index contributed by atoms with van der Waals surface area (Å²) in [6.45, 7) is 1.71. The van der Waals surface area contributed by atoms with E-state index in [0.29, 0.717) is 11.6 Å². The summed E-state index contributed by atoms with van der Waals surface area (Å²) >= 11 is 0. The van der Waals surface area contributed by atoms with Crippen LogP contribution < -0.4 is 0 Å². The summed E-state index contributed by atoms with van der Waals surface area (Å²) in [7, 11) is 0. The molecule has 0 bridgehead atoms. The van der Waals surface area contributed by atoms with Gasteiger partial charge in [-0.15, -0.1) is 0 Å². The van der Waals surface area contributed by atoms with E-state index >= 15 is 0 Å². The molecule has 110 valence electrons. The Morgan fingerprint density at radius 3 is 3.00 bits per heavy atom. The van der Waals surface area contributed by atoms with Gasteiger partial charge in [0, 0.05) is 25.1 Å². The number of fused-ring (bicyclic) bond motifs is 1. The molecule has 1 atom stereocenters. The molecule has 0 saturated carbocycles. The van der Waals surface area contributed by atoms with Crippen LogP contribution in [0.2, 0.25) is 0 Å². The van der Waals surface area contributed by atoms with Crippen LogP contribution in [0, 0.1) is 5.92 Å². The average molecular weight is 284 g/mol. The molecular formula is C17H20N2O2. The number of amides is 1. The van der Waals surface area contributed by atoms with Crippen LogP contribution in [0.3, 0.4) is 0 Å². The lowest BCUT2D eigenvalue weighted by molar-refractivity contribution is 0.0648. The second kappa shape index (κ2) is 6.22. The summed E-state index contributed by atoms with van der Waals surface area (Å²) < 4.78 is 0. The minimum atomic E-state index is 0.00314. The Kier molecular flexibility index (Phi) is 4.15. The van der Waals surface area contributed by atoms with Crippen LogP contribution in [0.4, 0.5) is 0 Å². The number of nitrogens with zero attached hydrogens (tertiary/aromatic N) is 2. The molecule has 1 saturated heterocycles. The van der Waals surface area contributed by atoms with Crippen LogP contribution in [0.25, 0.3) is 10.9 Å². The van der Waals surface area contributed by atoms with Gasteiger partial charge in [0.05, 0.1) is 5.52 Å². The highest BCUT2D eigenvalue weighted by molar-refractivity contribution is 5.94. The third-order valence-corrected chi connectivity index (χ3v) is 4.16. The fourth-order valence-electron chi connectivity index (χ4n) is 3.01. The Morgan fingerprint density at radius 1 is 1.29 bits per heavy atom. The second-order valence-corrected chi connectivity index (χ2v) is 5.66. The van der Waals surface area contributed by atoms with Crippen molar-refractivity contribution in [3.8, 4) is 0 Å². The summed E-state index contributed by atoms with van der Waals surface area (Å²) in [6, 6.07) is 11.6. The van der Waals surface area contributed by atoms with Crippen molar-refractivity contribution in [2.75, 3.05) is 19.7 Å². The van der Waals surface area contributed by atoms with Crippen LogP contribution in [0.1, 0.15) is 29.8 Å². The van der Waals surface area contributed by atoms with Gasteiger partial charge in [-0.2, -0.15) is 0 Å². The van der Waals surface area contributed by atoms with Gasteiger partial charge in [0.2, 0.25) is 0 Å². The summed E-state index contributed by atoms with van der Waals surface area (Å²) in [5, 5.41) is 10.1. The molecule has 1 unspecified atom stereocenters. The number of carbonyl (C=O) groups excluding carboxylic acids is 1. The molecule has 21 heavy (non-hydrogen) atoms. The molecule has 1 fully saturated rings. The van der Waals surface area contributed by atoms with Gasteiger partial charge in [-0.05, 0) is 37.3 Å². The Bertz CT molecular complexity index is 639. The highest BCUT2D eigenvalue weighted by atomic mass is 16.3. The van der Waals surface area contributed by atoms with Gasteiger partial charge in [0.15, 0.2) is 0 Å². The molecule has 1 aromatic heterocycles. The number of benzene rings is 1. The number of likely N-dealkylation sites (tertiary alicyclic amines) is 1. The third-order valence-electron chi connectivity index (χ3n) is 4.16. The van der Waals surface area contributed by atoms with E-state index in [2.05, 4.69) is 4.98 Å². The van der Waals surface area contributed by atoms with Gasteiger partial charge in [-0.25, -0.2) is 4.98 Å². The molecule has 1 N–H and O–H groups in total. The number of piperidine rings is 1. The molecule has 1 aromatic carbocycles. The zero-order valence-corrected chi connectivity index (χ0v) is 12.0. The van der Waals surface area contributed by atoms with Crippen molar-refractivity contribution < 1.29 is 9.90 Å². The second-order valence-electron chi connectivity index (χ2n) is 5.66. The van der Waals surface area contributed by atoms with Gasteiger partial charge in [-0.3, -0.25) is 4.79 Å². The van der Waals surface area contributed by atoms with Gasteiger partial charge in [-0.1, -0.05) is 24.3 Å². The molecule has 4 heteroatoms. The largest absolute Gasteiger partial charge is 0.396 e. The first-order chi connectivity index (χ1) is 10.3. The number of para-hydroxylation sites is 1. The molecule has 4 nitrogen and oxygen atoms in total. The average Bonchev–Trinajstić information content (AvgIpc) is 2.54. The van der Waals surface area contributed by atoms with E-state index in [4.69, 9.17) is 5.11 Å².